The van der Waals surface area contributed by atoms with Crippen molar-refractivity contribution in [3.05, 3.63) is 35.4 Å². The number of fused-ring (bicyclic) bond motifs is 1. The maximum absolute atomic E-state index is 12.2. The van der Waals surface area contributed by atoms with Crippen molar-refractivity contribution in [3.63, 3.8) is 0 Å². The van der Waals surface area contributed by atoms with Crippen LogP contribution in [-0.4, -0.2) is 50.3 Å². The van der Waals surface area contributed by atoms with E-state index in [9.17, 15) is 4.79 Å². The van der Waals surface area contributed by atoms with E-state index in [-0.39, 0.29) is 11.4 Å². The molecule has 5 nitrogen and oxygen atoms in total. The number of urea groups is 1. The van der Waals surface area contributed by atoms with E-state index in [2.05, 4.69) is 41.8 Å². The Kier molecular flexibility index (Phi) is 4.36. The van der Waals surface area contributed by atoms with Gasteiger partial charge in [-0.1, -0.05) is 31.2 Å². The molecule has 2 aliphatic rings. The number of rotatable bonds is 4. The van der Waals surface area contributed by atoms with Crippen molar-refractivity contribution in [1.29, 1.82) is 0 Å². The quantitative estimate of drug-likeness (QED) is 0.883. The van der Waals surface area contributed by atoms with Gasteiger partial charge in [0.25, 0.3) is 0 Å². The Balaban J connectivity index is 1.43. The first-order valence-electron chi connectivity index (χ1n) is 7.91. The normalized spacial score (nSPS) is 22.6. The topological polar surface area (TPSA) is 53.6 Å². The molecule has 5 heteroatoms. The van der Waals surface area contributed by atoms with E-state index >= 15 is 0 Å². The highest BCUT2D eigenvalue weighted by atomic mass is 16.5. The van der Waals surface area contributed by atoms with Gasteiger partial charge >= 0.3 is 6.03 Å². The average Bonchev–Trinajstić information content (AvgIpc) is 2.50. The van der Waals surface area contributed by atoms with E-state index in [0.29, 0.717) is 19.2 Å². The number of carbonyl (C=O) groups is 1. The molecule has 2 heterocycles. The molecule has 0 spiro atoms. The molecule has 2 N–H and O–H groups in total. The SMILES string of the molecule is COCC1(C)CN(C(=O)NCC2Cc3ccccc3CN2)C1. The van der Waals surface area contributed by atoms with E-state index < -0.39 is 0 Å². The predicted octanol–water partition coefficient (Wildman–Crippen LogP) is 1.38. The van der Waals surface area contributed by atoms with Crippen molar-refractivity contribution in [2.75, 3.05) is 33.4 Å². The van der Waals surface area contributed by atoms with Crippen LogP contribution in [0.1, 0.15) is 18.1 Å². The maximum Gasteiger partial charge on any atom is 0.317 e. The summed E-state index contributed by atoms with van der Waals surface area (Å²) in [4.78, 5) is 14.0. The highest BCUT2D eigenvalue weighted by molar-refractivity contribution is 5.75. The third-order valence-corrected chi connectivity index (χ3v) is 4.59. The molecule has 2 amide bonds. The van der Waals surface area contributed by atoms with Crippen LogP contribution < -0.4 is 10.6 Å². The summed E-state index contributed by atoms with van der Waals surface area (Å²) in [6.07, 6.45) is 0.970. The van der Waals surface area contributed by atoms with Gasteiger partial charge in [-0.3, -0.25) is 0 Å². The Morgan fingerprint density at radius 1 is 1.41 bits per heavy atom. The zero-order valence-electron chi connectivity index (χ0n) is 13.4. The number of methoxy groups -OCH3 is 1. The number of hydrogen-bond acceptors (Lipinski definition) is 3. The van der Waals surface area contributed by atoms with Gasteiger partial charge in [0.2, 0.25) is 0 Å². The lowest BCUT2D eigenvalue weighted by atomic mass is 9.83. The van der Waals surface area contributed by atoms with Gasteiger partial charge in [-0.05, 0) is 17.5 Å². The smallest absolute Gasteiger partial charge is 0.317 e. The average molecular weight is 303 g/mol. The number of benzene rings is 1. The number of ether oxygens (including phenoxy) is 1. The monoisotopic (exact) mass is 303 g/mol. The summed E-state index contributed by atoms with van der Waals surface area (Å²) in [7, 11) is 1.71. The van der Waals surface area contributed by atoms with Gasteiger partial charge in [0.05, 0.1) is 6.61 Å². The summed E-state index contributed by atoms with van der Waals surface area (Å²) < 4.78 is 5.20. The number of amides is 2. The van der Waals surface area contributed by atoms with Gasteiger partial charge in [-0.2, -0.15) is 0 Å². The molecule has 0 bridgehead atoms. The van der Waals surface area contributed by atoms with Gasteiger partial charge in [0.15, 0.2) is 0 Å². The van der Waals surface area contributed by atoms with Gasteiger partial charge in [0.1, 0.15) is 0 Å². The van der Waals surface area contributed by atoms with Crippen molar-refractivity contribution in [2.45, 2.75) is 25.9 Å². The van der Waals surface area contributed by atoms with Crippen LogP contribution in [0, 0.1) is 5.41 Å². The fourth-order valence-corrected chi connectivity index (χ4v) is 3.45. The molecule has 22 heavy (non-hydrogen) atoms. The highest BCUT2D eigenvalue weighted by Gasteiger charge is 2.41. The molecule has 0 saturated carbocycles. The van der Waals surface area contributed by atoms with E-state index in [1.54, 1.807) is 7.11 Å². The predicted molar refractivity (Wildman–Crippen MR) is 85.7 cm³/mol. The molecule has 120 valence electrons. The van der Waals surface area contributed by atoms with E-state index in [1.807, 2.05) is 4.90 Å². The zero-order valence-corrected chi connectivity index (χ0v) is 13.4. The van der Waals surface area contributed by atoms with Crippen molar-refractivity contribution in [1.82, 2.24) is 15.5 Å². The van der Waals surface area contributed by atoms with Crippen LogP contribution in [0.25, 0.3) is 0 Å². The molecule has 1 aromatic rings. The van der Waals surface area contributed by atoms with Gasteiger partial charge in [-0.15, -0.1) is 0 Å². The first-order chi connectivity index (χ1) is 10.6. The van der Waals surface area contributed by atoms with Crippen LogP contribution in [0.4, 0.5) is 4.79 Å². The molecule has 1 saturated heterocycles. The minimum Gasteiger partial charge on any atom is -0.384 e. The van der Waals surface area contributed by atoms with Crippen LogP contribution in [0.3, 0.4) is 0 Å². The number of carbonyl (C=O) groups excluding carboxylic acids is 1. The first-order valence-corrected chi connectivity index (χ1v) is 7.91. The summed E-state index contributed by atoms with van der Waals surface area (Å²) in [5, 5.41) is 6.54. The third-order valence-electron chi connectivity index (χ3n) is 4.59. The summed E-state index contributed by atoms with van der Waals surface area (Å²) >= 11 is 0. The van der Waals surface area contributed by atoms with Crippen molar-refractivity contribution >= 4 is 6.03 Å². The minimum absolute atomic E-state index is 0.0363. The Morgan fingerprint density at radius 3 is 2.86 bits per heavy atom. The second-order valence-electron chi connectivity index (χ2n) is 6.84. The second-order valence-corrected chi connectivity index (χ2v) is 6.84. The molecular weight excluding hydrogens is 278 g/mol. The second kappa shape index (κ2) is 6.26. The molecule has 0 aromatic heterocycles. The standard InChI is InChI=1S/C17H25N3O2/c1-17(12-22-2)10-20(11-17)16(21)19-9-15-7-13-5-3-4-6-14(13)8-18-15/h3-6,15,18H,7-12H2,1-2H3,(H,19,21). The van der Waals surface area contributed by atoms with Crippen molar-refractivity contribution in [3.8, 4) is 0 Å². The van der Waals surface area contributed by atoms with Gasteiger partial charge in [-0.25, -0.2) is 4.79 Å². The third kappa shape index (κ3) is 3.25. The van der Waals surface area contributed by atoms with Crippen molar-refractivity contribution < 1.29 is 9.53 Å². The Labute approximate surface area is 132 Å². The number of nitrogens with one attached hydrogen (secondary N) is 2. The zero-order chi connectivity index (χ0) is 15.6. The van der Waals surface area contributed by atoms with Gasteiger partial charge < -0.3 is 20.3 Å². The molecule has 1 fully saturated rings. The summed E-state index contributed by atoms with van der Waals surface area (Å²) in [5.41, 5.74) is 2.87. The molecule has 3 rings (SSSR count). The van der Waals surface area contributed by atoms with Gasteiger partial charge in [0, 0.05) is 44.7 Å². The van der Waals surface area contributed by atoms with Crippen LogP contribution in [0.2, 0.25) is 0 Å². The van der Waals surface area contributed by atoms with E-state index in [4.69, 9.17) is 4.74 Å². The maximum atomic E-state index is 12.2. The molecule has 1 unspecified atom stereocenters. The number of nitrogens with zero attached hydrogens (tertiary/aromatic N) is 1. The van der Waals surface area contributed by atoms with Crippen LogP contribution in [0.5, 0.6) is 0 Å². The largest absolute Gasteiger partial charge is 0.384 e. The number of hydrogen-bond donors (Lipinski definition) is 2. The Morgan fingerprint density at radius 2 is 2.14 bits per heavy atom. The molecule has 1 aromatic carbocycles. The highest BCUT2D eigenvalue weighted by Crippen LogP contribution is 2.29. The first kappa shape index (κ1) is 15.3. The lowest BCUT2D eigenvalue weighted by Crippen LogP contribution is -2.62. The van der Waals surface area contributed by atoms with Crippen LogP contribution >= 0.6 is 0 Å². The van der Waals surface area contributed by atoms with Crippen molar-refractivity contribution in [2.24, 2.45) is 5.41 Å². The van der Waals surface area contributed by atoms with E-state index in [0.717, 1.165) is 26.1 Å². The minimum atomic E-state index is 0.0363. The van der Waals surface area contributed by atoms with Crippen LogP contribution in [-0.2, 0) is 17.7 Å². The summed E-state index contributed by atoms with van der Waals surface area (Å²) in [6, 6.07) is 8.84. The fourth-order valence-electron chi connectivity index (χ4n) is 3.45. The summed E-state index contributed by atoms with van der Waals surface area (Å²) in [5.74, 6) is 0. The summed E-state index contributed by atoms with van der Waals surface area (Å²) in [6.45, 7) is 5.95. The molecule has 0 radical (unpaired) electrons. The molecule has 1 atom stereocenters. The van der Waals surface area contributed by atoms with Crippen LogP contribution in [0.15, 0.2) is 24.3 Å². The lowest BCUT2D eigenvalue weighted by Gasteiger charge is -2.47. The number of likely N-dealkylation sites (tertiary alicyclic amines) is 1. The lowest BCUT2D eigenvalue weighted by molar-refractivity contribution is -0.0172. The molecular formula is C17H25N3O2. The Hall–Kier alpha value is -1.59. The molecule has 0 aliphatic carbocycles. The van der Waals surface area contributed by atoms with E-state index in [1.165, 1.54) is 11.1 Å². The Bertz CT molecular complexity index is 540. The molecule has 2 aliphatic heterocycles. The fraction of sp³-hybridized carbons (Fsp3) is 0.588.